The lowest BCUT2D eigenvalue weighted by Crippen LogP contribution is -2.22. The van der Waals surface area contributed by atoms with Crippen LogP contribution in [0.3, 0.4) is 0 Å². The number of hydrogen-bond acceptors (Lipinski definition) is 8. The Kier molecular flexibility index (Phi) is 5.87. The highest BCUT2D eigenvalue weighted by molar-refractivity contribution is 7.99. The van der Waals surface area contributed by atoms with Gasteiger partial charge >= 0.3 is 0 Å². The predicted molar refractivity (Wildman–Crippen MR) is 102 cm³/mol. The van der Waals surface area contributed by atoms with E-state index < -0.39 is 10.0 Å². The minimum atomic E-state index is -3.52. The van der Waals surface area contributed by atoms with Crippen molar-refractivity contribution in [2.75, 3.05) is 14.1 Å². The number of benzene rings is 1. The van der Waals surface area contributed by atoms with Crippen molar-refractivity contribution in [2.24, 2.45) is 0 Å². The average Bonchev–Trinajstić information content (AvgIpc) is 3.25. The number of aromatic nitrogens is 3. The van der Waals surface area contributed by atoms with Crippen molar-refractivity contribution in [3.8, 4) is 0 Å². The molecule has 0 radical (unpaired) electrons. The lowest BCUT2D eigenvalue weighted by Gasteiger charge is -2.10. The molecule has 8 nitrogen and oxygen atoms in total. The molecule has 0 fully saturated rings. The molecule has 3 aromatic rings. The zero-order valence-corrected chi connectivity index (χ0v) is 17.3. The third-order valence-electron chi connectivity index (χ3n) is 3.98. The van der Waals surface area contributed by atoms with E-state index in [4.69, 9.17) is 8.94 Å². The van der Waals surface area contributed by atoms with Crippen LogP contribution in [0.5, 0.6) is 0 Å². The van der Waals surface area contributed by atoms with Crippen LogP contribution in [0.25, 0.3) is 11.1 Å². The van der Waals surface area contributed by atoms with Gasteiger partial charge in [0, 0.05) is 20.5 Å². The summed E-state index contributed by atoms with van der Waals surface area (Å²) < 4.78 is 36.7. The molecular formula is C17H22N4O4S2. The summed E-state index contributed by atoms with van der Waals surface area (Å²) in [7, 11) is -0.537. The molecule has 0 saturated carbocycles. The quantitative estimate of drug-likeness (QED) is 0.518. The largest absolute Gasteiger partial charge is 0.431 e. The van der Waals surface area contributed by atoms with Gasteiger partial charge in [-0.1, -0.05) is 30.3 Å². The van der Waals surface area contributed by atoms with Gasteiger partial charge in [-0.3, -0.25) is 0 Å². The maximum atomic E-state index is 12.3. The normalized spacial score (nSPS) is 13.5. The van der Waals surface area contributed by atoms with E-state index >= 15 is 0 Å². The summed E-state index contributed by atoms with van der Waals surface area (Å²) >= 11 is 1.35. The van der Waals surface area contributed by atoms with Crippen LogP contribution in [0.2, 0.25) is 0 Å². The molecule has 2 aromatic heterocycles. The van der Waals surface area contributed by atoms with Gasteiger partial charge in [0.15, 0.2) is 11.4 Å². The summed E-state index contributed by atoms with van der Waals surface area (Å²) in [4.78, 5) is 8.98. The first-order valence-corrected chi connectivity index (χ1v) is 11.0. The fraction of sp³-hybridized carbons (Fsp3) is 0.471. The summed E-state index contributed by atoms with van der Waals surface area (Å²) in [6.45, 7) is 4.04. The SMILES string of the molecule is CCCCc1noc([C@@H](C)Sc2nc3cc(S(=O)(=O)N(C)C)ccc3o2)n1. The van der Waals surface area contributed by atoms with Crippen LogP contribution < -0.4 is 0 Å². The fourth-order valence-electron chi connectivity index (χ4n) is 2.38. The topological polar surface area (TPSA) is 102 Å². The highest BCUT2D eigenvalue weighted by Crippen LogP contribution is 2.35. The second-order valence-electron chi connectivity index (χ2n) is 6.31. The Morgan fingerprint density at radius 1 is 1.26 bits per heavy atom. The smallest absolute Gasteiger partial charge is 0.257 e. The molecule has 3 rings (SSSR count). The van der Waals surface area contributed by atoms with E-state index in [0.29, 0.717) is 28.0 Å². The van der Waals surface area contributed by atoms with Crippen LogP contribution in [0.1, 0.15) is 43.7 Å². The Morgan fingerprint density at radius 3 is 2.74 bits per heavy atom. The minimum absolute atomic E-state index is 0.133. The number of unbranched alkanes of at least 4 members (excludes halogenated alkanes) is 1. The van der Waals surface area contributed by atoms with Crippen LogP contribution in [0.15, 0.2) is 37.3 Å². The maximum Gasteiger partial charge on any atom is 0.257 e. The number of nitrogens with zero attached hydrogens (tertiary/aromatic N) is 4. The van der Waals surface area contributed by atoms with Gasteiger partial charge in [-0.25, -0.2) is 17.7 Å². The Morgan fingerprint density at radius 2 is 2.04 bits per heavy atom. The molecule has 0 aliphatic heterocycles. The summed E-state index contributed by atoms with van der Waals surface area (Å²) in [6.07, 6.45) is 2.88. The summed E-state index contributed by atoms with van der Waals surface area (Å²) in [5, 5.41) is 4.28. The Bertz CT molecular complexity index is 1030. The number of thioether (sulfide) groups is 1. The van der Waals surface area contributed by atoms with Gasteiger partial charge in [0.05, 0.1) is 10.1 Å². The first-order chi connectivity index (χ1) is 12.8. The molecule has 0 saturated heterocycles. The number of sulfonamides is 1. The van der Waals surface area contributed by atoms with E-state index in [9.17, 15) is 8.42 Å². The number of rotatable bonds is 8. The second kappa shape index (κ2) is 7.99. The molecule has 0 N–H and O–H groups in total. The third-order valence-corrected chi connectivity index (χ3v) is 6.72. The molecule has 10 heteroatoms. The van der Waals surface area contributed by atoms with E-state index in [1.807, 2.05) is 6.92 Å². The predicted octanol–water partition coefficient (Wildman–Crippen LogP) is 3.66. The van der Waals surface area contributed by atoms with E-state index in [2.05, 4.69) is 22.0 Å². The van der Waals surface area contributed by atoms with Gasteiger partial charge in [-0.15, -0.1) is 0 Å². The maximum absolute atomic E-state index is 12.3. The molecule has 0 aliphatic rings. The van der Waals surface area contributed by atoms with Gasteiger partial charge in [-0.2, -0.15) is 4.98 Å². The lowest BCUT2D eigenvalue weighted by molar-refractivity contribution is 0.373. The molecular weight excluding hydrogens is 388 g/mol. The molecule has 0 unspecified atom stereocenters. The molecule has 2 heterocycles. The first kappa shape index (κ1) is 19.8. The standard InChI is InChI=1S/C17H22N4O4S2/c1-5-6-7-15-19-16(25-20-15)11(2)26-17-18-13-10-12(8-9-14(13)24-17)27(22,23)21(3)4/h8-11H,5-7H2,1-4H3/t11-/m1/s1. The average molecular weight is 411 g/mol. The van der Waals surface area contributed by atoms with Crippen molar-refractivity contribution in [1.82, 2.24) is 19.4 Å². The number of oxazole rings is 1. The van der Waals surface area contributed by atoms with E-state index in [1.54, 1.807) is 6.07 Å². The molecule has 0 amide bonds. The number of fused-ring (bicyclic) bond motifs is 1. The molecule has 1 atom stereocenters. The minimum Gasteiger partial charge on any atom is -0.431 e. The van der Waals surface area contributed by atoms with Crippen LogP contribution in [-0.2, 0) is 16.4 Å². The van der Waals surface area contributed by atoms with Gasteiger partial charge in [0.2, 0.25) is 15.9 Å². The highest BCUT2D eigenvalue weighted by Gasteiger charge is 2.21. The number of hydrogen-bond donors (Lipinski definition) is 0. The van der Waals surface area contributed by atoms with Crippen LogP contribution in [0, 0.1) is 0 Å². The molecule has 1 aromatic carbocycles. The van der Waals surface area contributed by atoms with Crippen molar-refractivity contribution in [3.05, 3.63) is 29.9 Å². The zero-order chi connectivity index (χ0) is 19.6. The van der Waals surface area contributed by atoms with Crippen molar-refractivity contribution >= 4 is 32.9 Å². The fourth-order valence-corrected chi connectivity index (χ4v) is 4.09. The zero-order valence-electron chi connectivity index (χ0n) is 15.7. The van der Waals surface area contributed by atoms with Gasteiger partial charge in [0.25, 0.3) is 5.22 Å². The van der Waals surface area contributed by atoms with Crippen molar-refractivity contribution < 1.29 is 17.4 Å². The van der Waals surface area contributed by atoms with Crippen LogP contribution in [0.4, 0.5) is 0 Å². The summed E-state index contributed by atoms with van der Waals surface area (Å²) in [6, 6.07) is 4.64. The van der Waals surface area contributed by atoms with Crippen molar-refractivity contribution in [1.29, 1.82) is 0 Å². The molecule has 27 heavy (non-hydrogen) atoms. The Hall–Kier alpha value is -1.91. The van der Waals surface area contributed by atoms with E-state index in [0.717, 1.165) is 23.6 Å². The second-order valence-corrected chi connectivity index (χ2v) is 9.75. The van der Waals surface area contributed by atoms with E-state index in [1.165, 1.54) is 38.0 Å². The van der Waals surface area contributed by atoms with Crippen LogP contribution >= 0.6 is 11.8 Å². The van der Waals surface area contributed by atoms with Crippen molar-refractivity contribution in [2.45, 2.75) is 48.5 Å². The Labute approximate surface area is 162 Å². The summed E-state index contributed by atoms with van der Waals surface area (Å²) in [5.41, 5.74) is 1.01. The van der Waals surface area contributed by atoms with Gasteiger partial charge in [-0.05, 0) is 31.5 Å². The monoisotopic (exact) mass is 410 g/mol. The molecule has 0 bridgehead atoms. The lowest BCUT2D eigenvalue weighted by atomic mass is 10.2. The van der Waals surface area contributed by atoms with Gasteiger partial charge in [0.1, 0.15) is 5.52 Å². The highest BCUT2D eigenvalue weighted by atomic mass is 32.2. The Balaban J connectivity index is 1.78. The van der Waals surface area contributed by atoms with Crippen LogP contribution in [-0.4, -0.2) is 41.9 Å². The summed E-state index contributed by atoms with van der Waals surface area (Å²) in [5.74, 6) is 1.22. The molecule has 0 aliphatic carbocycles. The third kappa shape index (κ3) is 4.33. The molecule has 0 spiro atoms. The molecule has 146 valence electrons. The van der Waals surface area contributed by atoms with Crippen molar-refractivity contribution in [3.63, 3.8) is 0 Å². The first-order valence-electron chi connectivity index (χ1n) is 8.63. The number of aryl methyl sites for hydroxylation is 1. The van der Waals surface area contributed by atoms with E-state index in [-0.39, 0.29) is 10.1 Å². The van der Waals surface area contributed by atoms with Gasteiger partial charge < -0.3 is 8.94 Å².